The van der Waals surface area contributed by atoms with Gasteiger partial charge < -0.3 is 0 Å². The predicted molar refractivity (Wildman–Crippen MR) is 117 cm³/mol. The van der Waals surface area contributed by atoms with Crippen molar-refractivity contribution in [1.29, 1.82) is 0 Å². The van der Waals surface area contributed by atoms with Crippen LogP contribution in [0.3, 0.4) is 0 Å². The third kappa shape index (κ3) is 4.14. The van der Waals surface area contributed by atoms with E-state index in [4.69, 9.17) is 11.6 Å². The lowest BCUT2D eigenvalue weighted by Crippen LogP contribution is -2.10. The van der Waals surface area contributed by atoms with E-state index in [2.05, 4.69) is 15.2 Å². The number of carbonyl (C=O) groups excluding carboxylic acids is 1. The maximum absolute atomic E-state index is 13.6. The van der Waals surface area contributed by atoms with Crippen LogP contribution in [0.15, 0.2) is 52.5 Å². The summed E-state index contributed by atoms with van der Waals surface area (Å²) in [5.74, 6) is -0.450. The number of carbonyl (C=O) groups is 1. The van der Waals surface area contributed by atoms with Gasteiger partial charge in [-0.1, -0.05) is 35.5 Å². The van der Waals surface area contributed by atoms with Gasteiger partial charge in [-0.05, 0) is 53.6 Å². The summed E-state index contributed by atoms with van der Waals surface area (Å²) in [5.41, 5.74) is 1.12. The summed E-state index contributed by atoms with van der Waals surface area (Å²) in [5, 5.41) is 7.60. The molecule has 1 N–H and O–H groups in total. The van der Waals surface area contributed by atoms with E-state index in [0.717, 1.165) is 17.0 Å². The molecular formula is C20H13ClF3N3OS2. The van der Waals surface area contributed by atoms with Crippen molar-refractivity contribution in [3.05, 3.63) is 69.2 Å². The van der Waals surface area contributed by atoms with Gasteiger partial charge in [0.05, 0.1) is 22.2 Å². The number of nitrogens with one attached hydrogen (secondary N) is 1. The minimum atomic E-state index is -4.57. The van der Waals surface area contributed by atoms with Gasteiger partial charge in [-0.3, -0.25) is 9.89 Å². The first kappa shape index (κ1) is 21.0. The number of halogens is 4. The number of benzene rings is 2. The Labute approximate surface area is 183 Å². The second-order valence-electron chi connectivity index (χ2n) is 6.44. The van der Waals surface area contributed by atoms with Gasteiger partial charge in [-0.15, -0.1) is 11.8 Å². The van der Waals surface area contributed by atoms with Crippen molar-refractivity contribution < 1.29 is 18.0 Å². The van der Waals surface area contributed by atoms with Gasteiger partial charge in [0.25, 0.3) is 5.91 Å². The molecule has 0 saturated heterocycles. The summed E-state index contributed by atoms with van der Waals surface area (Å²) in [6.07, 6.45) is -1.25. The van der Waals surface area contributed by atoms with Crippen LogP contribution in [0.1, 0.15) is 16.7 Å². The predicted octanol–water partition coefficient (Wildman–Crippen LogP) is 6.18. The van der Waals surface area contributed by atoms with Crippen molar-refractivity contribution >= 4 is 61.9 Å². The lowest BCUT2D eigenvalue weighted by atomic mass is 9.93. The zero-order valence-corrected chi connectivity index (χ0v) is 17.8. The average Bonchev–Trinajstić information content (AvgIpc) is 3.32. The Hall–Kier alpha value is -2.23. The number of rotatable bonds is 3. The van der Waals surface area contributed by atoms with E-state index in [-0.39, 0.29) is 17.0 Å². The molecule has 4 nitrogen and oxygen atoms in total. The molecule has 0 radical (unpaired) electrons. The number of hydrogen-bond donors (Lipinski definition) is 1. The third-order valence-electron chi connectivity index (χ3n) is 4.56. The van der Waals surface area contributed by atoms with Crippen LogP contribution in [0, 0.1) is 0 Å². The maximum atomic E-state index is 13.6. The fraction of sp³-hybridized carbons (Fsp3) is 0.150. The van der Waals surface area contributed by atoms with Crippen LogP contribution < -0.4 is 0 Å². The monoisotopic (exact) mass is 467 g/mol. The van der Waals surface area contributed by atoms with Crippen LogP contribution in [0.2, 0.25) is 5.02 Å². The topological polar surface area (TPSA) is 58.1 Å². The number of amides is 1. The summed E-state index contributed by atoms with van der Waals surface area (Å²) < 4.78 is 41.5. The Morgan fingerprint density at radius 3 is 2.73 bits per heavy atom. The first-order valence-corrected chi connectivity index (χ1v) is 11.1. The zero-order chi connectivity index (χ0) is 21.5. The number of fused-ring (bicyclic) bond motifs is 1. The molecule has 30 heavy (non-hydrogen) atoms. The minimum absolute atomic E-state index is 0.000542. The number of thioether (sulfide) groups is 2. The van der Waals surface area contributed by atoms with Crippen molar-refractivity contribution in [1.82, 2.24) is 10.2 Å². The van der Waals surface area contributed by atoms with Crippen LogP contribution in [-0.4, -0.2) is 26.7 Å². The first-order valence-electron chi connectivity index (χ1n) is 8.63. The highest BCUT2D eigenvalue weighted by Gasteiger charge is 2.34. The van der Waals surface area contributed by atoms with Crippen LogP contribution in [0.25, 0.3) is 16.5 Å². The molecule has 0 aliphatic carbocycles. The fourth-order valence-corrected chi connectivity index (χ4v) is 4.85. The van der Waals surface area contributed by atoms with Crippen molar-refractivity contribution in [3.63, 3.8) is 0 Å². The SMILES string of the molecule is CSC1=NC(=O)C(=C(Cc2ccc(Cl)cc2C(F)(F)F)c2ccc3[nH]ncc3c2)S1. The van der Waals surface area contributed by atoms with Crippen LogP contribution in [0.5, 0.6) is 0 Å². The fourth-order valence-electron chi connectivity index (χ4n) is 3.17. The Bertz CT molecular complexity index is 1220. The Morgan fingerprint density at radius 2 is 2.03 bits per heavy atom. The summed E-state index contributed by atoms with van der Waals surface area (Å²) in [7, 11) is 0. The van der Waals surface area contributed by atoms with E-state index >= 15 is 0 Å². The molecular weight excluding hydrogens is 455 g/mol. The normalized spacial score (nSPS) is 16.3. The quantitative estimate of drug-likeness (QED) is 0.467. The van der Waals surface area contributed by atoms with E-state index in [0.29, 0.717) is 20.4 Å². The van der Waals surface area contributed by atoms with Crippen molar-refractivity contribution in [2.24, 2.45) is 4.99 Å². The van der Waals surface area contributed by atoms with Gasteiger partial charge >= 0.3 is 6.18 Å². The number of aliphatic imine (C=N–C) groups is 1. The average molecular weight is 468 g/mol. The highest BCUT2D eigenvalue weighted by Crippen LogP contribution is 2.41. The Balaban J connectivity index is 1.87. The molecule has 1 aliphatic heterocycles. The zero-order valence-electron chi connectivity index (χ0n) is 15.4. The number of alkyl halides is 3. The number of H-pyrrole nitrogens is 1. The number of hydrogen-bond acceptors (Lipinski definition) is 4. The standard InChI is InChI=1S/C20H13ClF3N3OS2/c1-29-19-26-18(28)17(30-19)14(10-3-5-16-12(6-10)9-25-27-16)7-11-2-4-13(21)8-15(11)20(22,23)24/h2-6,8-9H,7H2,1H3,(H,25,27). The number of nitrogens with zero attached hydrogens (tertiary/aromatic N) is 2. The lowest BCUT2D eigenvalue weighted by Gasteiger charge is -2.16. The molecule has 4 rings (SSSR count). The largest absolute Gasteiger partial charge is 0.416 e. The molecule has 0 saturated carbocycles. The molecule has 1 aliphatic rings. The molecule has 2 aromatic carbocycles. The molecule has 2 heterocycles. The second kappa shape index (κ2) is 8.13. The Kier molecular flexibility index (Phi) is 5.69. The first-order chi connectivity index (χ1) is 14.3. The minimum Gasteiger partial charge on any atom is -0.278 e. The summed E-state index contributed by atoms with van der Waals surface area (Å²) >= 11 is 8.31. The summed E-state index contributed by atoms with van der Waals surface area (Å²) in [6.45, 7) is 0. The van der Waals surface area contributed by atoms with Crippen molar-refractivity contribution in [2.75, 3.05) is 6.26 Å². The molecule has 0 spiro atoms. The molecule has 10 heteroatoms. The molecule has 0 unspecified atom stereocenters. The van der Waals surface area contributed by atoms with Crippen LogP contribution in [0.4, 0.5) is 13.2 Å². The lowest BCUT2D eigenvalue weighted by molar-refractivity contribution is -0.138. The van der Waals surface area contributed by atoms with E-state index in [1.54, 1.807) is 30.7 Å². The molecule has 1 amide bonds. The Morgan fingerprint density at radius 1 is 1.23 bits per heavy atom. The molecule has 3 aromatic rings. The summed E-state index contributed by atoms with van der Waals surface area (Å²) in [6, 6.07) is 9.02. The van der Waals surface area contributed by atoms with Crippen molar-refractivity contribution in [3.8, 4) is 0 Å². The van der Waals surface area contributed by atoms with Gasteiger partial charge in [-0.25, -0.2) is 0 Å². The molecule has 154 valence electrons. The maximum Gasteiger partial charge on any atom is 0.416 e. The van der Waals surface area contributed by atoms with Crippen LogP contribution >= 0.6 is 35.1 Å². The second-order valence-corrected chi connectivity index (χ2v) is 8.93. The summed E-state index contributed by atoms with van der Waals surface area (Å²) in [4.78, 5) is 16.9. The molecule has 0 bridgehead atoms. The van der Waals surface area contributed by atoms with E-state index in [1.165, 1.54) is 35.7 Å². The smallest absolute Gasteiger partial charge is 0.278 e. The number of aromatic amines is 1. The van der Waals surface area contributed by atoms with Crippen LogP contribution in [-0.2, 0) is 17.4 Å². The molecule has 0 fully saturated rings. The van der Waals surface area contributed by atoms with Gasteiger partial charge in [-0.2, -0.15) is 23.3 Å². The highest BCUT2D eigenvalue weighted by atomic mass is 35.5. The van der Waals surface area contributed by atoms with E-state index in [1.807, 2.05) is 0 Å². The van der Waals surface area contributed by atoms with Gasteiger partial charge in [0, 0.05) is 10.4 Å². The van der Waals surface area contributed by atoms with Crippen molar-refractivity contribution in [2.45, 2.75) is 12.6 Å². The molecule has 0 atom stereocenters. The number of allylic oxidation sites excluding steroid dienone is 1. The highest BCUT2D eigenvalue weighted by molar-refractivity contribution is 8.41. The number of aromatic nitrogens is 2. The third-order valence-corrected chi connectivity index (χ3v) is 6.88. The van der Waals surface area contributed by atoms with Gasteiger partial charge in [0.15, 0.2) is 0 Å². The van der Waals surface area contributed by atoms with Gasteiger partial charge in [0.2, 0.25) is 0 Å². The van der Waals surface area contributed by atoms with E-state index < -0.39 is 17.6 Å². The van der Waals surface area contributed by atoms with E-state index in [9.17, 15) is 18.0 Å². The van der Waals surface area contributed by atoms with Gasteiger partial charge in [0.1, 0.15) is 4.38 Å². The molecule has 1 aromatic heterocycles.